The zero-order valence-electron chi connectivity index (χ0n) is 7.22. The summed E-state index contributed by atoms with van der Waals surface area (Å²) in [7, 11) is 1.32. The van der Waals surface area contributed by atoms with Gasteiger partial charge in [-0.2, -0.15) is 0 Å². The first-order valence-corrected chi connectivity index (χ1v) is 3.39. The van der Waals surface area contributed by atoms with Crippen molar-refractivity contribution in [1.29, 1.82) is 0 Å². The van der Waals surface area contributed by atoms with Gasteiger partial charge in [-0.1, -0.05) is 0 Å². The number of methoxy groups -OCH3 is 1. The summed E-state index contributed by atoms with van der Waals surface area (Å²) >= 11 is 0. The number of carbonyl (C=O) groups excluding carboxylic acids is 1. The van der Waals surface area contributed by atoms with Crippen LogP contribution < -0.4 is 5.73 Å². The fourth-order valence-electron chi connectivity index (χ4n) is 0.456. The Bertz CT molecular complexity index is 128. The van der Waals surface area contributed by atoms with Crippen molar-refractivity contribution in [3.8, 4) is 0 Å². The molecule has 0 amide bonds. The molecule has 2 N–H and O–H groups in total. The summed E-state index contributed by atoms with van der Waals surface area (Å²) < 4.78 is 9.31. The highest BCUT2D eigenvalue weighted by atomic mass is 16.6. The molecule has 11 heavy (non-hydrogen) atoms. The van der Waals surface area contributed by atoms with Gasteiger partial charge in [0.25, 0.3) is 0 Å². The molecule has 0 saturated carbocycles. The van der Waals surface area contributed by atoms with Crippen LogP contribution in [0.3, 0.4) is 0 Å². The number of hydrogen-bond acceptors (Lipinski definition) is 4. The molecule has 0 fully saturated rings. The highest BCUT2D eigenvalue weighted by molar-refractivity contribution is 5.70. The largest absolute Gasteiger partial charge is 0.467 e. The molecule has 0 saturated heterocycles. The number of esters is 1. The Morgan fingerprint density at radius 3 is 2.45 bits per heavy atom. The summed E-state index contributed by atoms with van der Waals surface area (Å²) in [6.45, 7) is 3.97. The summed E-state index contributed by atoms with van der Waals surface area (Å²) in [6, 6.07) is 0. The number of nitrogens with two attached hydrogens (primary N) is 1. The predicted octanol–water partition coefficient (Wildman–Crippen LogP) is -0.0867. The van der Waals surface area contributed by atoms with Gasteiger partial charge in [0, 0.05) is 5.54 Å². The third-order valence-electron chi connectivity index (χ3n) is 0.922. The standard InChI is InChI=1S/C7H15NO3/c1-7(2,8)5-11-4-6(9)10-3/h4-5,8H2,1-3H3. The maximum atomic E-state index is 10.5. The van der Waals surface area contributed by atoms with Crippen molar-refractivity contribution in [2.45, 2.75) is 19.4 Å². The fourth-order valence-corrected chi connectivity index (χ4v) is 0.456. The molecule has 0 aromatic heterocycles. The Morgan fingerprint density at radius 1 is 1.55 bits per heavy atom. The zero-order chi connectivity index (χ0) is 8.91. The minimum atomic E-state index is -0.395. The van der Waals surface area contributed by atoms with Gasteiger partial charge < -0.3 is 15.2 Å². The summed E-state index contributed by atoms with van der Waals surface area (Å²) in [6.07, 6.45) is 0. The van der Waals surface area contributed by atoms with Gasteiger partial charge in [0.1, 0.15) is 6.61 Å². The van der Waals surface area contributed by atoms with E-state index in [0.717, 1.165) is 0 Å². The maximum Gasteiger partial charge on any atom is 0.331 e. The molecule has 0 aliphatic carbocycles. The molecule has 0 atom stereocenters. The van der Waals surface area contributed by atoms with Gasteiger partial charge in [0.05, 0.1) is 13.7 Å². The second-order valence-electron chi connectivity index (χ2n) is 3.06. The molecule has 0 unspecified atom stereocenters. The van der Waals surface area contributed by atoms with Crippen LogP contribution in [0.25, 0.3) is 0 Å². The quantitative estimate of drug-likeness (QED) is 0.585. The molecule has 4 heteroatoms. The molecule has 0 aliphatic rings. The van der Waals surface area contributed by atoms with Crippen LogP contribution in [0.5, 0.6) is 0 Å². The van der Waals surface area contributed by atoms with Crippen molar-refractivity contribution < 1.29 is 14.3 Å². The van der Waals surface area contributed by atoms with Crippen molar-refractivity contribution in [3.63, 3.8) is 0 Å². The monoisotopic (exact) mass is 161 g/mol. The van der Waals surface area contributed by atoms with Gasteiger partial charge in [-0.25, -0.2) is 4.79 Å². The van der Waals surface area contributed by atoms with Crippen LogP contribution >= 0.6 is 0 Å². The van der Waals surface area contributed by atoms with E-state index in [9.17, 15) is 4.79 Å². The van der Waals surface area contributed by atoms with E-state index in [-0.39, 0.29) is 12.6 Å². The number of rotatable bonds is 4. The summed E-state index contributed by atoms with van der Waals surface area (Å²) in [4.78, 5) is 10.5. The van der Waals surface area contributed by atoms with E-state index in [1.807, 2.05) is 13.8 Å². The van der Waals surface area contributed by atoms with Gasteiger partial charge in [-0.3, -0.25) is 0 Å². The molecular weight excluding hydrogens is 146 g/mol. The van der Waals surface area contributed by atoms with Crippen molar-refractivity contribution in [2.75, 3.05) is 20.3 Å². The number of hydrogen-bond donors (Lipinski definition) is 1. The smallest absolute Gasteiger partial charge is 0.331 e. The molecule has 0 heterocycles. The van der Waals surface area contributed by atoms with Crippen LogP contribution in [-0.2, 0) is 14.3 Å². The van der Waals surface area contributed by atoms with Crippen LogP contribution in [0.4, 0.5) is 0 Å². The molecule has 0 bridgehead atoms. The summed E-state index contributed by atoms with van der Waals surface area (Å²) in [5.74, 6) is -0.380. The molecule has 0 aliphatic heterocycles. The summed E-state index contributed by atoms with van der Waals surface area (Å²) in [5.41, 5.74) is 5.19. The lowest BCUT2D eigenvalue weighted by Gasteiger charge is -2.17. The molecule has 66 valence electrons. The van der Waals surface area contributed by atoms with Gasteiger partial charge in [0.15, 0.2) is 0 Å². The first-order valence-electron chi connectivity index (χ1n) is 3.39. The van der Waals surface area contributed by atoms with Gasteiger partial charge in [-0.15, -0.1) is 0 Å². The van der Waals surface area contributed by atoms with Crippen LogP contribution in [0.15, 0.2) is 0 Å². The van der Waals surface area contributed by atoms with Gasteiger partial charge >= 0.3 is 5.97 Å². The molecule has 0 aromatic carbocycles. The van der Waals surface area contributed by atoms with E-state index < -0.39 is 5.54 Å². The van der Waals surface area contributed by atoms with E-state index in [1.54, 1.807) is 0 Å². The Kier molecular flexibility index (Phi) is 4.07. The van der Waals surface area contributed by atoms with E-state index in [1.165, 1.54) is 7.11 Å². The lowest BCUT2D eigenvalue weighted by Crippen LogP contribution is -2.38. The lowest BCUT2D eigenvalue weighted by atomic mass is 10.1. The molecule has 0 rings (SSSR count). The molecule has 4 nitrogen and oxygen atoms in total. The Labute approximate surface area is 66.7 Å². The lowest BCUT2D eigenvalue weighted by molar-refractivity contribution is -0.146. The molecule has 0 aromatic rings. The average Bonchev–Trinajstić information content (AvgIpc) is 1.85. The maximum absolute atomic E-state index is 10.5. The minimum Gasteiger partial charge on any atom is -0.467 e. The van der Waals surface area contributed by atoms with Crippen molar-refractivity contribution in [2.24, 2.45) is 5.73 Å². The highest BCUT2D eigenvalue weighted by Gasteiger charge is 2.11. The van der Waals surface area contributed by atoms with Crippen LogP contribution in [0, 0.1) is 0 Å². The van der Waals surface area contributed by atoms with Crippen molar-refractivity contribution in [1.82, 2.24) is 0 Å². The normalized spacial score (nSPS) is 11.3. The predicted molar refractivity (Wildman–Crippen MR) is 41.1 cm³/mol. The van der Waals surface area contributed by atoms with Gasteiger partial charge in [0.2, 0.25) is 0 Å². The van der Waals surface area contributed by atoms with Crippen LogP contribution in [0.2, 0.25) is 0 Å². The second kappa shape index (κ2) is 4.31. The molecule has 0 spiro atoms. The van der Waals surface area contributed by atoms with Crippen LogP contribution in [-0.4, -0.2) is 31.8 Å². The molecular formula is C7H15NO3. The topological polar surface area (TPSA) is 61.5 Å². The second-order valence-corrected chi connectivity index (χ2v) is 3.06. The van der Waals surface area contributed by atoms with E-state index in [0.29, 0.717) is 6.61 Å². The third-order valence-corrected chi connectivity index (χ3v) is 0.922. The Morgan fingerprint density at radius 2 is 2.09 bits per heavy atom. The number of ether oxygens (including phenoxy) is 2. The third kappa shape index (κ3) is 7.29. The van der Waals surface area contributed by atoms with Gasteiger partial charge in [-0.05, 0) is 13.8 Å². The van der Waals surface area contributed by atoms with E-state index >= 15 is 0 Å². The van der Waals surface area contributed by atoms with Crippen molar-refractivity contribution >= 4 is 5.97 Å². The van der Waals surface area contributed by atoms with Crippen LogP contribution in [0.1, 0.15) is 13.8 Å². The van der Waals surface area contributed by atoms with Crippen molar-refractivity contribution in [3.05, 3.63) is 0 Å². The van der Waals surface area contributed by atoms with E-state index in [4.69, 9.17) is 10.5 Å². The highest BCUT2D eigenvalue weighted by Crippen LogP contribution is 1.96. The SMILES string of the molecule is COC(=O)COCC(C)(C)N. The summed E-state index contributed by atoms with van der Waals surface area (Å²) in [5, 5.41) is 0. The minimum absolute atomic E-state index is 0.0306. The average molecular weight is 161 g/mol. The zero-order valence-corrected chi connectivity index (χ0v) is 7.22. The Hall–Kier alpha value is -0.610. The molecule has 0 radical (unpaired) electrons. The number of carbonyl (C=O) groups is 1. The first-order chi connectivity index (χ1) is 4.95. The fraction of sp³-hybridized carbons (Fsp3) is 0.857. The Balaban J connectivity index is 3.35. The van der Waals surface area contributed by atoms with E-state index in [2.05, 4.69) is 4.74 Å². The first kappa shape index (κ1) is 10.4.